The highest BCUT2D eigenvalue weighted by atomic mass is 32.1. The van der Waals surface area contributed by atoms with Crippen LogP contribution >= 0.6 is 11.3 Å². The summed E-state index contributed by atoms with van der Waals surface area (Å²) in [4.78, 5) is 29.8. The molecule has 1 saturated heterocycles. The molecule has 0 radical (unpaired) electrons. The van der Waals surface area contributed by atoms with Crippen LogP contribution in [0, 0.1) is 17.3 Å². The maximum atomic E-state index is 12.3. The van der Waals surface area contributed by atoms with E-state index in [0.717, 1.165) is 42.9 Å². The Labute approximate surface area is 147 Å². The first kappa shape index (κ1) is 17.5. The molecule has 24 heavy (non-hydrogen) atoms. The first-order valence-corrected chi connectivity index (χ1v) is 9.69. The number of Topliss-reactive ketones (excluding diaryl/α,β-unsaturated/α-hetero) is 1. The van der Waals surface area contributed by atoms with Crippen molar-refractivity contribution < 1.29 is 9.59 Å². The molecule has 2 aliphatic rings. The van der Waals surface area contributed by atoms with Gasteiger partial charge in [0, 0.05) is 12.8 Å². The number of carbonyl (C=O) groups excluding carboxylic acids is 2. The van der Waals surface area contributed by atoms with E-state index in [4.69, 9.17) is 0 Å². The molecule has 5 nitrogen and oxygen atoms in total. The molecule has 3 rings (SSSR count). The molecule has 2 N–H and O–H groups in total. The van der Waals surface area contributed by atoms with E-state index in [1.54, 1.807) is 0 Å². The van der Waals surface area contributed by atoms with Crippen LogP contribution in [0.15, 0.2) is 0 Å². The van der Waals surface area contributed by atoms with Crippen LogP contribution in [0.5, 0.6) is 0 Å². The summed E-state index contributed by atoms with van der Waals surface area (Å²) in [6.07, 6.45) is 4.16. The number of carbonyl (C=O) groups is 2. The van der Waals surface area contributed by atoms with E-state index < -0.39 is 0 Å². The largest absolute Gasteiger partial charge is 0.317 e. The molecule has 6 heteroatoms. The van der Waals surface area contributed by atoms with E-state index in [1.165, 1.54) is 11.3 Å². The van der Waals surface area contributed by atoms with E-state index in [0.29, 0.717) is 29.8 Å². The van der Waals surface area contributed by atoms with E-state index in [-0.39, 0.29) is 17.1 Å². The molecule has 1 fully saturated rings. The number of anilines is 1. The number of nitrogens with zero attached hydrogens (tertiary/aromatic N) is 1. The monoisotopic (exact) mass is 349 g/mol. The molecule has 0 bridgehead atoms. The van der Waals surface area contributed by atoms with Crippen LogP contribution in [0.2, 0.25) is 0 Å². The fourth-order valence-electron chi connectivity index (χ4n) is 3.82. The Hall–Kier alpha value is -1.27. The summed E-state index contributed by atoms with van der Waals surface area (Å²) >= 11 is 1.33. The molecule has 1 aliphatic heterocycles. The van der Waals surface area contributed by atoms with Crippen LogP contribution in [0.3, 0.4) is 0 Å². The molecule has 2 heterocycles. The van der Waals surface area contributed by atoms with Crippen molar-refractivity contribution in [3.05, 3.63) is 10.6 Å². The number of fused-ring (bicyclic) bond motifs is 1. The number of rotatable bonds is 4. The zero-order valence-electron chi connectivity index (χ0n) is 14.8. The summed E-state index contributed by atoms with van der Waals surface area (Å²) in [5, 5.41) is 6.86. The van der Waals surface area contributed by atoms with Gasteiger partial charge in [-0.05, 0) is 49.6 Å². The van der Waals surface area contributed by atoms with Gasteiger partial charge in [-0.1, -0.05) is 32.1 Å². The van der Waals surface area contributed by atoms with Crippen molar-refractivity contribution in [2.45, 2.75) is 52.9 Å². The Balaban J connectivity index is 1.60. The van der Waals surface area contributed by atoms with E-state index >= 15 is 0 Å². The van der Waals surface area contributed by atoms with Crippen molar-refractivity contribution in [3.63, 3.8) is 0 Å². The summed E-state index contributed by atoms with van der Waals surface area (Å²) < 4.78 is 0. The molecule has 1 aliphatic carbocycles. The minimum absolute atomic E-state index is 0.0128. The third-order valence-corrected chi connectivity index (χ3v) is 6.23. The average Bonchev–Trinajstić information content (AvgIpc) is 2.89. The van der Waals surface area contributed by atoms with Crippen LogP contribution < -0.4 is 10.6 Å². The van der Waals surface area contributed by atoms with Crippen LogP contribution in [0.25, 0.3) is 0 Å². The van der Waals surface area contributed by atoms with Crippen LogP contribution in [-0.4, -0.2) is 29.8 Å². The Morgan fingerprint density at radius 2 is 2.08 bits per heavy atom. The Bertz CT molecular complexity index is 632. The van der Waals surface area contributed by atoms with E-state index in [1.807, 2.05) is 0 Å². The van der Waals surface area contributed by atoms with Gasteiger partial charge in [0.25, 0.3) is 0 Å². The summed E-state index contributed by atoms with van der Waals surface area (Å²) in [5.74, 6) is 1.16. The number of piperidine rings is 1. The predicted octanol–water partition coefficient (Wildman–Crippen LogP) is 3.26. The molecule has 0 spiro atoms. The number of amides is 1. The molecular formula is C18H27N3O2S. The van der Waals surface area contributed by atoms with Gasteiger partial charge in [0.05, 0.1) is 10.6 Å². The first-order chi connectivity index (χ1) is 11.3. The summed E-state index contributed by atoms with van der Waals surface area (Å²) in [6, 6.07) is 0. The Kier molecular flexibility index (Phi) is 5.06. The first-order valence-electron chi connectivity index (χ1n) is 8.87. The molecule has 0 saturated carbocycles. The van der Waals surface area contributed by atoms with Gasteiger partial charge in [-0.15, -0.1) is 0 Å². The van der Waals surface area contributed by atoms with Gasteiger partial charge in [-0.3, -0.25) is 9.59 Å². The van der Waals surface area contributed by atoms with Crippen LogP contribution in [0.4, 0.5) is 5.13 Å². The van der Waals surface area contributed by atoms with E-state index in [2.05, 4.69) is 36.4 Å². The standard InChI is InChI=1S/C18H27N3O2S/c1-11(12-4-6-19-7-5-12)8-15(23)21-17-20-13-9-18(2,3)10-14(22)16(13)24-17/h11-12,19H,4-10H2,1-3H3,(H,20,21,23). The summed E-state index contributed by atoms with van der Waals surface area (Å²) in [7, 11) is 0. The minimum atomic E-state index is -0.0387. The van der Waals surface area contributed by atoms with Gasteiger partial charge < -0.3 is 10.6 Å². The molecule has 132 valence electrons. The molecule has 1 aromatic heterocycles. The zero-order chi connectivity index (χ0) is 17.3. The average molecular weight is 350 g/mol. The second-order valence-corrected chi connectivity index (χ2v) is 9.05. The van der Waals surface area contributed by atoms with Gasteiger partial charge in [-0.2, -0.15) is 0 Å². The minimum Gasteiger partial charge on any atom is -0.317 e. The predicted molar refractivity (Wildman–Crippen MR) is 96.6 cm³/mol. The quantitative estimate of drug-likeness (QED) is 0.875. The van der Waals surface area contributed by atoms with Crippen LogP contribution in [-0.2, 0) is 11.2 Å². The summed E-state index contributed by atoms with van der Waals surface area (Å²) in [6.45, 7) is 8.44. The number of nitrogens with one attached hydrogen (secondary N) is 2. The van der Waals surface area contributed by atoms with Gasteiger partial charge in [-0.25, -0.2) is 4.98 Å². The summed E-state index contributed by atoms with van der Waals surface area (Å²) in [5.41, 5.74) is 0.811. The van der Waals surface area contributed by atoms with Crippen molar-refractivity contribution in [1.82, 2.24) is 10.3 Å². The Morgan fingerprint density at radius 1 is 1.38 bits per heavy atom. The highest BCUT2D eigenvalue weighted by molar-refractivity contribution is 7.17. The Morgan fingerprint density at radius 3 is 2.79 bits per heavy atom. The molecule has 1 unspecified atom stereocenters. The van der Waals surface area contributed by atoms with E-state index in [9.17, 15) is 9.59 Å². The number of thiazole rings is 1. The molecule has 1 atom stereocenters. The van der Waals surface area contributed by atoms with Gasteiger partial charge in [0.2, 0.25) is 5.91 Å². The lowest BCUT2D eigenvalue weighted by Gasteiger charge is -2.27. The van der Waals surface area contributed by atoms with Crippen molar-refractivity contribution in [2.75, 3.05) is 18.4 Å². The van der Waals surface area contributed by atoms with Crippen LogP contribution in [0.1, 0.15) is 61.8 Å². The topological polar surface area (TPSA) is 71.1 Å². The smallest absolute Gasteiger partial charge is 0.226 e. The number of ketones is 1. The fraction of sp³-hybridized carbons (Fsp3) is 0.722. The number of hydrogen-bond donors (Lipinski definition) is 2. The maximum absolute atomic E-state index is 12.3. The van der Waals surface area contributed by atoms with Crippen molar-refractivity contribution >= 4 is 28.2 Å². The lowest BCUT2D eigenvalue weighted by atomic mass is 9.78. The number of aromatic nitrogens is 1. The van der Waals surface area contributed by atoms with Crippen molar-refractivity contribution in [1.29, 1.82) is 0 Å². The molecular weight excluding hydrogens is 322 g/mol. The van der Waals surface area contributed by atoms with Gasteiger partial charge in [0.1, 0.15) is 0 Å². The molecule has 0 aromatic carbocycles. The highest BCUT2D eigenvalue weighted by Crippen LogP contribution is 2.38. The zero-order valence-corrected chi connectivity index (χ0v) is 15.6. The normalized spacial score (nSPS) is 22.0. The third kappa shape index (κ3) is 4.03. The second-order valence-electron chi connectivity index (χ2n) is 8.05. The highest BCUT2D eigenvalue weighted by Gasteiger charge is 2.34. The second kappa shape index (κ2) is 6.92. The SMILES string of the molecule is CC(CC(=O)Nc1nc2c(s1)C(=O)CC(C)(C)C2)C1CCNCC1. The number of hydrogen-bond acceptors (Lipinski definition) is 5. The van der Waals surface area contributed by atoms with Gasteiger partial charge >= 0.3 is 0 Å². The molecule has 1 amide bonds. The maximum Gasteiger partial charge on any atom is 0.226 e. The third-order valence-electron chi connectivity index (χ3n) is 5.18. The van der Waals surface area contributed by atoms with Crippen molar-refractivity contribution in [2.24, 2.45) is 17.3 Å². The van der Waals surface area contributed by atoms with Crippen molar-refractivity contribution in [3.8, 4) is 0 Å². The lowest BCUT2D eigenvalue weighted by molar-refractivity contribution is -0.117. The van der Waals surface area contributed by atoms with Gasteiger partial charge in [0.15, 0.2) is 10.9 Å². The molecule has 1 aromatic rings. The fourth-order valence-corrected chi connectivity index (χ4v) is 4.75. The lowest BCUT2D eigenvalue weighted by Crippen LogP contribution is -2.32.